The molecule has 2 rings (SSSR count). The van der Waals surface area contributed by atoms with Crippen molar-refractivity contribution in [3.05, 3.63) is 62.4 Å². The van der Waals surface area contributed by atoms with E-state index in [4.69, 9.17) is 12.2 Å². The molecule has 0 aliphatic heterocycles. The number of hydrogen-bond acceptors (Lipinski definition) is 2. The molecule has 0 atom stereocenters. The normalized spacial score (nSPS) is 10.2. The van der Waals surface area contributed by atoms with Crippen molar-refractivity contribution in [2.24, 2.45) is 0 Å². The molecule has 0 aliphatic rings. The minimum atomic E-state index is 0.533. The number of aromatic nitrogens is 1. The van der Waals surface area contributed by atoms with Crippen LogP contribution in [0.1, 0.15) is 33.5 Å². The van der Waals surface area contributed by atoms with Crippen molar-refractivity contribution in [2.75, 3.05) is 0 Å². The Labute approximate surface area is 118 Å². The summed E-state index contributed by atoms with van der Waals surface area (Å²) < 4.78 is 0.533. The number of H-pyrrole nitrogens is 1. The lowest BCUT2D eigenvalue weighted by atomic mass is 9.95. The second-order valence-corrected chi connectivity index (χ2v) is 5.18. The standard InChI is InChI=1S/C16H16N2S/c1-10-6-4-5-7-13(10)8-14-11(2)15(9-17)16(19)18-12(14)3/h4-7H,8H2,1-3H3,(H,18,19). The zero-order valence-electron chi connectivity index (χ0n) is 11.4. The van der Waals surface area contributed by atoms with Gasteiger partial charge in [-0.3, -0.25) is 0 Å². The molecule has 0 fully saturated rings. The maximum atomic E-state index is 9.20. The average Bonchev–Trinajstić information content (AvgIpc) is 2.36. The first-order valence-electron chi connectivity index (χ1n) is 6.21. The quantitative estimate of drug-likeness (QED) is 0.832. The Morgan fingerprint density at radius 2 is 1.89 bits per heavy atom. The summed E-state index contributed by atoms with van der Waals surface area (Å²) in [6.07, 6.45) is 0.825. The van der Waals surface area contributed by atoms with Gasteiger partial charge in [-0.1, -0.05) is 36.5 Å². The minimum absolute atomic E-state index is 0.533. The lowest BCUT2D eigenvalue weighted by molar-refractivity contribution is 1.02. The van der Waals surface area contributed by atoms with Crippen molar-refractivity contribution in [3.8, 4) is 6.07 Å². The molecule has 1 heterocycles. The summed E-state index contributed by atoms with van der Waals surface area (Å²) in [4.78, 5) is 3.13. The molecule has 0 spiro atoms. The monoisotopic (exact) mass is 268 g/mol. The van der Waals surface area contributed by atoms with Gasteiger partial charge in [0.2, 0.25) is 0 Å². The summed E-state index contributed by atoms with van der Waals surface area (Å²) in [7, 11) is 0. The number of aromatic amines is 1. The maximum absolute atomic E-state index is 9.20. The summed E-state index contributed by atoms with van der Waals surface area (Å²) in [6, 6.07) is 10.5. The minimum Gasteiger partial charge on any atom is -0.349 e. The molecule has 3 heteroatoms. The van der Waals surface area contributed by atoms with E-state index >= 15 is 0 Å². The number of nitrogens with one attached hydrogen (secondary N) is 1. The first-order valence-corrected chi connectivity index (χ1v) is 6.62. The van der Waals surface area contributed by atoms with E-state index in [1.54, 1.807) is 0 Å². The van der Waals surface area contributed by atoms with Crippen molar-refractivity contribution in [2.45, 2.75) is 27.2 Å². The van der Waals surface area contributed by atoms with E-state index in [9.17, 15) is 5.26 Å². The van der Waals surface area contributed by atoms with Gasteiger partial charge in [-0.15, -0.1) is 0 Å². The second-order valence-electron chi connectivity index (χ2n) is 4.77. The van der Waals surface area contributed by atoms with Crippen molar-refractivity contribution < 1.29 is 0 Å². The summed E-state index contributed by atoms with van der Waals surface area (Å²) in [6.45, 7) is 6.09. The number of nitriles is 1. The van der Waals surface area contributed by atoms with Crippen molar-refractivity contribution in [3.63, 3.8) is 0 Å². The Balaban J connectivity index is 2.56. The molecule has 0 saturated heterocycles. The zero-order valence-corrected chi connectivity index (χ0v) is 12.2. The highest BCUT2D eigenvalue weighted by Gasteiger charge is 2.11. The van der Waals surface area contributed by atoms with Gasteiger partial charge < -0.3 is 4.98 Å². The van der Waals surface area contributed by atoms with Gasteiger partial charge in [0.25, 0.3) is 0 Å². The number of aryl methyl sites for hydroxylation is 2. The molecule has 96 valence electrons. The largest absolute Gasteiger partial charge is 0.349 e. The first kappa shape index (κ1) is 13.5. The molecule has 1 aromatic carbocycles. The van der Waals surface area contributed by atoms with Crippen LogP contribution >= 0.6 is 12.2 Å². The fourth-order valence-corrected chi connectivity index (χ4v) is 2.66. The maximum Gasteiger partial charge on any atom is 0.121 e. The highest BCUT2D eigenvalue weighted by Crippen LogP contribution is 2.21. The molecule has 0 radical (unpaired) electrons. The SMILES string of the molecule is Cc1ccccc1Cc1c(C)[nH]c(=S)c(C#N)c1C. The predicted molar refractivity (Wildman–Crippen MR) is 79.8 cm³/mol. The van der Waals surface area contributed by atoms with Crippen LogP contribution in [-0.4, -0.2) is 4.98 Å². The van der Waals surface area contributed by atoms with Crippen LogP contribution in [0.4, 0.5) is 0 Å². The smallest absolute Gasteiger partial charge is 0.121 e. The number of hydrogen-bond donors (Lipinski definition) is 1. The molecule has 0 aliphatic carbocycles. The van der Waals surface area contributed by atoms with Gasteiger partial charge in [0.15, 0.2) is 0 Å². The molecular weight excluding hydrogens is 252 g/mol. The number of nitrogens with zero attached hydrogens (tertiary/aromatic N) is 1. The fourth-order valence-electron chi connectivity index (χ4n) is 2.31. The lowest BCUT2D eigenvalue weighted by Crippen LogP contribution is -2.03. The molecule has 2 aromatic rings. The highest BCUT2D eigenvalue weighted by molar-refractivity contribution is 7.71. The topological polar surface area (TPSA) is 39.6 Å². The molecule has 1 N–H and O–H groups in total. The van der Waals surface area contributed by atoms with Gasteiger partial charge in [-0.2, -0.15) is 5.26 Å². The van der Waals surface area contributed by atoms with E-state index in [-0.39, 0.29) is 0 Å². The van der Waals surface area contributed by atoms with Gasteiger partial charge in [0.1, 0.15) is 10.7 Å². The number of pyridine rings is 1. The highest BCUT2D eigenvalue weighted by atomic mass is 32.1. The molecule has 2 nitrogen and oxygen atoms in total. The second kappa shape index (κ2) is 5.38. The van der Waals surface area contributed by atoms with Crippen LogP contribution in [0.15, 0.2) is 24.3 Å². The van der Waals surface area contributed by atoms with Crippen molar-refractivity contribution in [1.82, 2.24) is 4.98 Å². The van der Waals surface area contributed by atoms with Gasteiger partial charge in [-0.25, -0.2) is 0 Å². The summed E-state index contributed by atoms with van der Waals surface area (Å²) in [5.74, 6) is 0. The van der Waals surface area contributed by atoms with Crippen LogP contribution in [0.25, 0.3) is 0 Å². The van der Waals surface area contributed by atoms with Crippen LogP contribution < -0.4 is 0 Å². The average molecular weight is 268 g/mol. The van der Waals surface area contributed by atoms with Crippen LogP contribution in [-0.2, 0) is 6.42 Å². The van der Waals surface area contributed by atoms with E-state index in [0.29, 0.717) is 10.2 Å². The van der Waals surface area contributed by atoms with E-state index in [2.05, 4.69) is 30.1 Å². The van der Waals surface area contributed by atoms with E-state index in [0.717, 1.165) is 17.7 Å². The third kappa shape index (κ3) is 2.59. The third-order valence-electron chi connectivity index (χ3n) is 3.55. The van der Waals surface area contributed by atoms with Gasteiger partial charge in [-0.05, 0) is 49.4 Å². The summed E-state index contributed by atoms with van der Waals surface area (Å²) in [5.41, 5.74) is 6.34. The van der Waals surface area contributed by atoms with Gasteiger partial charge in [0, 0.05) is 5.69 Å². The van der Waals surface area contributed by atoms with Crippen LogP contribution in [0.5, 0.6) is 0 Å². The number of benzene rings is 1. The molecule has 0 unspecified atom stereocenters. The van der Waals surface area contributed by atoms with E-state index in [1.807, 2.05) is 26.0 Å². The summed E-state index contributed by atoms with van der Waals surface area (Å²) in [5, 5.41) is 9.20. The van der Waals surface area contributed by atoms with Gasteiger partial charge >= 0.3 is 0 Å². The Bertz CT molecular complexity index is 721. The molecule has 1 aromatic heterocycles. The van der Waals surface area contributed by atoms with E-state index in [1.165, 1.54) is 16.7 Å². The van der Waals surface area contributed by atoms with Crippen molar-refractivity contribution in [1.29, 1.82) is 5.26 Å². The summed E-state index contributed by atoms with van der Waals surface area (Å²) >= 11 is 5.20. The van der Waals surface area contributed by atoms with Gasteiger partial charge in [0.05, 0.1) is 5.56 Å². The molecule has 19 heavy (non-hydrogen) atoms. The first-order chi connectivity index (χ1) is 9.04. The third-order valence-corrected chi connectivity index (χ3v) is 3.85. The molecule has 0 saturated carbocycles. The zero-order chi connectivity index (χ0) is 14.0. The Morgan fingerprint density at radius 3 is 2.53 bits per heavy atom. The molecule has 0 bridgehead atoms. The van der Waals surface area contributed by atoms with Crippen LogP contribution in [0, 0.1) is 36.7 Å². The predicted octanol–water partition coefficient (Wildman–Crippen LogP) is 4.13. The molecule has 0 amide bonds. The number of rotatable bonds is 2. The van der Waals surface area contributed by atoms with Crippen molar-refractivity contribution >= 4 is 12.2 Å². The van der Waals surface area contributed by atoms with E-state index < -0.39 is 0 Å². The lowest BCUT2D eigenvalue weighted by Gasteiger charge is -2.13. The Morgan fingerprint density at radius 1 is 1.21 bits per heavy atom. The van der Waals surface area contributed by atoms with Crippen LogP contribution in [0.3, 0.4) is 0 Å². The Kier molecular flexibility index (Phi) is 3.82. The fraction of sp³-hybridized carbons (Fsp3) is 0.250. The van der Waals surface area contributed by atoms with Crippen LogP contribution in [0.2, 0.25) is 0 Å². The molecular formula is C16H16N2S. The Hall–Kier alpha value is -1.92.